The molecule has 0 saturated heterocycles. The molecule has 2 aliphatic carbocycles. The molecule has 2 saturated carbocycles. The Morgan fingerprint density at radius 3 is 2.55 bits per heavy atom. The SMILES string of the molecule is CC1(C)C2CCC1(C)[C@@H](OC/C=C/c1ccccc1)C2. The van der Waals surface area contributed by atoms with E-state index in [9.17, 15) is 0 Å². The minimum Gasteiger partial charge on any atom is -0.374 e. The van der Waals surface area contributed by atoms with Crippen LogP contribution in [0.25, 0.3) is 6.08 Å². The smallest absolute Gasteiger partial charge is 0.0654 e. The molecule has 0 spiro atoms. The van der Waals surface area contributed by atoms with Crippen LogP contribution in [0.4, 0.5) is 0 Å². The van der Waals surface area contributed by atoms with Gasteiger partial charge in [-0.25, -0.2) is 0 Å². The molecular weight excluding hydrogens is 244 g/mol. The standard InChI is InChI=1S/C19H26O/c1-18(2)16-11-12-19(18,3)17(14-16)20-13-7-10-15-8-5-4-6-9-15/h4-10,16-17H,11-14H2,1-3H3/b10-7+/t16?,17-,19?/m0/s1. The van der Waals surface area contributed by atoms with Gasteiger partial charge in [0, 0.05) is 0 Å². The molecule has 1 aromatic rings. The van der Waals surface area contributed by atoms with Gasteiger partial charge in [-0.2, -0.15) is 0 Å². The zero-order valence-corrected chi connectivity index (χ0v) is 12.9. The molecule has 2 aliphatic rings. The number of benzene rings is 1. The van der Waals surface area contributed by atoms with Crippen LogP contribution in [0.15, 0.2) is 36.4 Å². The minimum absolute atomic E-state index is 0.373. The van der Waals surface area contributed by atoms with Gasteiger partial charge in [-0.3, -0.25) is 0 Å². The van der Waals surface area contributed by atoms with E-state index in [2.05, 4.69) is 57.2 Å². The van der Waals surface area contributed by atoms with E-state index in [1.54, 1.807) is 0 Å². The van der Waals surface area contributed by atoms with Gasteiger partial charge in [-0.05, 0) is 41.6 Å². The van der Waals surface area contributed by atoms with E-state index in [-0.39, 0.29) is 0 Å². The number of hydrogen-bond donors (Lipinski definition) is 0. The van der Waals surface area contributed by atoms with Crippen LogP contribution in [0, 0.1) is 16.7 Å². The van der Waals surface area contributed by atoms with Crippen molar-refractivity contribution in [2.45, 2.75) is 46.1 Å². The summed E-state index contributed by atoms with van der Waals surface area (Å²) in [6.07, 6.45) is 8.72. The minimum atomic E-state index is 0.373. The Morgan fingerprint density at radius 1 is 1.20 bits per heavy atom. The molecule has 0 aliphatic heterocycles. The molecule has 2 unspecified atom stereocenters. The predicted molar refractivity (Wildman–Crippen MR) is 84.4 cm³/mol. The Labute approximate surface area is 123 Å². The van der Waals surface area contributed by atoms with Crippen LogP contribution in [0.5, 0.6) is 0 Å². The molecule has 0 aromatic heterocycles. The van der Waals surface area contributed by atoms with Gasteiger partial charge in [-0.1, -0.05) is 63.3 Å². The van der Waals surface area contributed by atoms with Crippen LogP contribution in [-0.4, -0.2) is 12.7 Å². The first-order valence-electron chi connectivity index (χ1n) is 7.87. The van der Waals surface area contributed by atoms with E-state index in [0.717, 1.165) is 12.5 Å². The Morgan fingerprint density at radius 2 is 1.95 bits per heavy atom. The molecule has 1 nitrogen and oxygen atoms in total. The lowest BCUT2D eigenvalue weighted by Crippen LogP contribution is -2.37. The molecule has 0 radical (unpaired) electrons. The first-order valence-corrected chi connectivity index (χ1v) is 7.87. The lowest BCUT2D eigenvalue weighted by Gasteiger charge is -2.38. The van der Waals surface area contributed by atoms with Gasteiger partial charge in [0.25, 0.3) is 0 Å². The zero-order chi connectivity index (χ0) is 14.2. The highest BCUT2D eigenvalue weighted by Crippen LogP contribution is 2.66. The zero-order valence-electron chi connectivity index (χ0n) is 12.9. The average Bonchev–Trinajstić information content (AvgIpc) is 2.78. The van der Waals surface area contributed by atoms with Crippen LogP contribution in [0.1, 0.15) is 45.6 Å². The lowest BCUT2D eigenvalue weighted by molar-refractivity contribution is -0.0350. The maximum Gasteiger partial charge on any atom is 0.0654 e. The second-order valence-corrected chi connectivity index (χ2v) is 7.25. The highest BCUT2D eigenvalue weighted by Gasteiger charge is 2.61. The second-order valence-electron chi connectivity index (χ2n) is 7.25. The summed E-state index contributed by atoms with van der Waals surface area (Å²) in [5.41, 5.74) is 2.06. The lowest BCUT2D eigenvalue weighted by atomic mass is 9.70. The van der Waals surface area contributed by atoms with E-state index in [0.29, 0.717) is 16.9 Å². The van der Waals surface area contributed by atoms with Crippen molar-refractivity contribution < 1.29 is 4.74 Å². The predicted octanol–water partition coefficient (Wildman–Crippen LogP) is 4.93. The van der Waals surface area contributed by atoms with E-state index < -0.39 is 0 Å². The van der Waals surface area contributed by atoms with Gasteiger partial charge in [0.05, 0.1) is 12.7 Å². The largest absolute Gasteiger partial charge is 0.374 e. The molecule has 20 heavy (non-hydrogen) atoms. The van der Waals surface area contributed by atoms with Gasteiger partial charge in [0.15, 0.2) is 0 Å². The average molecular weight is 270 g/mol. The Kier molecular flexibility index (Phi) is 3.50. The van der Waals surface area contributed by atoms with Gasteiger partial charge >= 0.3 is 0 Å². The molecule has 2 bridgehead atoms. The van der Waals surface area contributed by atoms with Crippen molar-refractivity contribution in [3.63, 3.8) is 0 Å². The van der Waals surface area contributed by atoms with Crippen molar-refractivity contribution in [3.05, 3.63) is 42.0 Å². The topological polar surface area (TPSA) is 9.23 Å². The van der Waals surface area contributed by atoms with Crippen molar-refractivity contribution in [2.24, 2.45) is 16.7 Å². The first kappa shape index (κ1) is 13.9. The number of fused-ring (bicyclic) bond motifs is 2. The third kappa shape index (κ3) is 2.13. The van der Waals surface area contributed by atoms with Crippen LogP contribution in [0.3, 0.4) is 0 Å². The number of rotatable bonds is 4. The van der Waals surface area contributed by atoms with Crippen LogP contribution < -0.4 is 0 Å². The molecule has 108 valence electrons. The maximum atomic E-state index is 6.21. The van der Waals surface area contributed by atoms with Crippen molar-refractivity contribution >= 4 is 6.08 Å². The fourth-order valence-electron chi connectivity index (χ4n) is 4.30. The number of hydrogen-bond acceptors (Lipinski definition) is 1. The van der Waals surface area contributed by atoms with Gasteiger partial charge in [0.1, 0.15) is 0 Å². The van der Waals surface area contributed by atoms with E-state index in [1.165, 1.54) is 24.8 Å². The second kappa shape index (κ2) is 5.04. The molecule has 1 heteroatoms. The normalized spacial score (nSPS) is 35.0. The summed E-state index contributed by atoms with van der Waals surface area (Å²) in [4.78, 5) is 0. The van der Waals surface area contributed by atoms with E-state index in [4.69, 9.17) is 4.74 Å². The highest BCUT2D eigenvalue weighted by atomic mass is 16.5. The van der Waals surface area contributed by atoms with Crippen LogP contribution in [-0.2, 0) is 4.74 Å². The number of ether oxygens (including phenoxy) is 1. The van der Waals surface area contributed by atoms with E-state index in [1.807, 2.05) is 6.07 Å². The molecular formula is C19H26O. The summed E-state index contributed by atoms with van der Waals surface area (Å²) in [6.45, 7) is 8.05. The fraction of sp³-hybridized carbons (Fsp3) is 0.579. The molecule has 0 heterocycles. The summed E-state index contributed by atoms with van der Waals surface area (Å²) in [7, 11) is 0. The van der Waals surface area contributed by atoms with Crippen LogP contribution >= 0.6 is 0 Å². The summed E-state index contributed by atoms with van der Waals surface area (Å²) in [5, 5.41) is 0. The summed E-state index contributed by atoms with van der Waals surface area (Å²) in [6, 6.07) is 10.4. The van der Waals surface area contributed by atoms with Crippen LogP contribution in [0.2, 0.25) is 0 Å². The Balaban J connectivity index is 1.57. The molecule has 0 N–H and O–H groups in total. The van der Waals surface area contributed by atoms with E-state index >= 15 is 0 Å². The van der Waals surface area contributed by atoms with Crippen molar-refractivity contribution in [1.29, 1.82) is 0 Å². The molecule has 2 fully saturated rings. The quantitative estimate of drug-likeness (QED) is 0.753. The van der Waals surface area contributed by atoms with Gasteiger partial charge < -0.3 is 4.74 Å². The van der Waals surface area contributed by atoms with Crippen molar-refractivity contribution in [1.82, 2.24) is 0 Å². The van der Waals surface area contributed by atoms with Gasteiger partial charge in [-0.15, -0.1) is 0 Å². The Bertz CT molecular complexity index is 488. The first-order chi connectivity index (χ1) is 9.54. The molecule has 1 aromatic carbocycles. The molecule has 3 atom stereocenters. The third-order valence-electron chi connectivity index (χ3n) is 6.22. The summed E-state index contributed by atoms with van der Waals surface area (Å²) < 4.78 is 6.21. The molecule has 3 rings (SSSR count). The maximum absolute atomic E-state index is 6.21. The van der Waals surface area contributed by atoms with Crippen molar-refractivity contribution in [3.8, 4) is 0 Å². The summed E-state index contributed by atoms with van der Waals surface area (Å²) >= 11 is 0. The van der Waals surface area contributed by atoms with Crippen molar-refractivity contribution in [2.75, 3.05) is 6.61 Å². The molecule has 0 amide bonds. The summed E-state index contributed by atoms with van der Waals surface area (Å²) in [5.74, 6) is 0.857. The van der Waals surface area contributed by atoms with Gasteiger partial charge in [0.2, 0.25) is 0 Å². The highest BCUT2D eigenvalue weighted by molar-refractivity contribution is 5.48. The monoisotopic (exact) mass is 270 g/mol. The third-order valence-corrected chi connectivity index (χ3v) is 6.22. The fourth-order valence-corrected chi connectivity index (χ4v) is 4.30. The Hall–Kier alpha value is -1.08.